The first-order valence-electron chi connectivity index (χ1n) is 8.14. The van der Waals surface area contributed by atoms with E-state index in [1.807, 2.05) is 40.6 Å². The van der Waals surface area contributed by atoms with E-state index in [0.717, 1.165) is 24.9 Å². The minimum Gasteiger partial charge on any atom is -0.334 e. The van der Waals surface area contributed by atoms with Crippen LogP contribution in [0.3, 0.4) is 0 Å². The van der Waals surface area contributed by atoms with Crippen molar-refractivity contribution in [1.82, 2.24) is 4.90 Å². The Morgan fingerprint density at radius 1 is 1.13 bits per heavy atom. The first kappa shape index (κ1) is 19.0. The van der Waals surface area contributed by atoms with Gasteiger partial charge in [-0.05, 0) is 54.9 Å². The Balaban J connectivity index is 0.00000192. The van der Waals surface area contributed by atoms with E-state index in [2.05, 4.69) is 12.1 Å². The molecule has 0 bridgehead atoms. The van der Waals surface area contributed by atoms with Gasteiger partial charge in [-0.15, -0.1) is 35.9 Å². The lowest BCUT2D eigenvalue weighted by Crippen LogP contribution is -2.47. The van der Waals surface area contributed by atoms with Crippen molar-refractivity contribution < 1.29 is 4.79 Å². The van der Waals surface area contributed by atoms with Crippen molar-refractivity contribution in [2.45, 2.75) is 36.3 Å². The number of piperidine rings is 1. The number of thioether (sulfide) groups is 2. The smallest absolute Gasteiger partial charge is 0.254 e. The fourth-order valence-corrected chi connectivity index (χ4v) is 6.04. The van der Waals surface area contributed by atoms with Gasteiger partial charge in [0.15, 0.2) is 0 Å². The van der Waals surface area contributed by atoms with Crippen molar-refractivity contribution in [3.05, 3.63) is 35.4 Å². The maximum Gasteiger partial charge on any atom is 0.254 e. The molecule has 0 saturated carbocycles. The third-order valence-electron chi connectivity index (χ3n) is 4.42. The highest BCUT2D eigenvalue weighted by Gasteiger charge is 2.26. The lowest BCUT2D eigenvalue weighted by atomic mass is 10.0. The molecule has 1 aromatic carbocycles. The van der Waals surface area contributed by atoms with E-state index in [1.165, 1.54) is 29.9 Å². The molecule has 0 radical (unpaired) electrons. The fourth-order valence-electron chi connectivity index (χ4n) is 3.14. The Labute approximate surface area is 153 Å². The molecule has 1 amide bonds. The Bertz CT molecular complexity index is 506. The van der Waals surface area contributed by atoms with E-state index in [0.29, 0.717) is 11.1 Å². The molecule has 3 rings (SSSR count). The summed E-state index contributed by atoms with van der Waals surface area (Å²) in [7, 11) is 0. The van der Waals surface area contributed by atoms with Crippen LogP contribution in [0.4, 0.5) is 0 Å². The highest BCUT2D eigenvalue weighted by atomic mass is 35.5. The second-order valence-electron chi connectivity index (χ2n) is 5.93. The molecule has 128 valence electrons. The molecule has 1 aromatic rings. The number of nitrogens with two attached hydrogens (primary N) is 1. The third kappa shape index (κ3) is 4.59. The molecule has 2 aliphatic heterocycles. The van der Waals surface area contributed by atoms with E-state index < -0.39 is 0 Å². The van der Waals surface area contributed by atoms with Crippen LogP contribution in [0.5, 0.6) is 0 Å². The van der Waals surface area contributed by atoms with Crippen molar-refractivity contribution in [1.29, 1.82) is 0 Å². The predicted molar refractivity (Wildman–Crippen MR) is 104 cm³/mol. The second kappa shape index (κ2) is 9.21. The first-order valence-corrected chi connectivity index (χ1v) is 10.2. The van der Waals surface area contributed by atoms with Crippen LogP contribution in [0.1, 0.15) is 46.2 Å². The molecule has 0 spiro atoms. The standard InChI is InChI=1S/C17H24N2OS2.ClH/c18-12-15-4-1-2-9-19(15)16(20)13-5-7-14(8-6-13)17-21-10-3-11-22-17;/h5-8,15,17H,1-4,9-12,18H2;1H. The molecule has 1 unspecified atom stereocenters. The number of hydrogen-bond acceptors (Lipinski definition) is 4. The van der Waals surface area contributed by atoms with Crippen LogP contribution >= 0.6 is 35.9 Å². The van der Waals surface area contributed by atoms with Crippen LogP contribution in [0, 0.1) is 0 Å². The Morgan fingerprint density at radius 2 is 1.83 bits per heavy atom. The van der Waals surface area contributed by atoms with Crippen molar-refractivity contribution in [3.8, 4) is 0 Å². The molecule has 2 N–H and O–H groups in total. The molecular formula is C17H25ClN2OS2. The van der Waals surface area contributed by atoms with Gasteiger partial charge in [-0.3, -0.25) is 4.79 Å². The number of likely N-dealkylation sites (tertiary alicyclic amines) is 1. The molecule has 2 heterocycles. The Kier molecular flexibility index (Phi) is 7.60. The molecule has 1 atom stereocenters. The summed E-state index contributed by atoms with van der Waals surface area (Å²) < 4.78 is 0.532. The van der Waals surface area contributed by atoms with Crippen LogP contribution < -0.4 is 5.73 Å². The minimum absolute atomic E-state index is 0. The molecule has 2 aliphatic rings. The molecule has 2 saturated heterocycles. The number of nitrogens with zero attached hydrogens (tertiary/aromatic N) is 1. The number of amides is 1. The van der Waals surface area contributed by atoms with Gasteiger partial charge in [-0.1, -0.05) is 12.1 Å². The number of rotatable bonds is 3. The van der Waals surface area contributed by atoms with Crippen molar-refractivity contribution in [2.24, 2.45) is 5.73 Å². The SMILES string of the molecule is Cl.NCC1CCCCN1C(=O)c1ccc(C2SCCCS2)cc1. The van der Waals surface area contributed by atoms with Crippen molar-refractivity contribution >= 4 is 41.8 Å². The van der Waals surface area contributed by atoms with E-state index in [4.69, 9.17) is 5.73 Å². The van der Waals surface area contributed by atoms with Gasteiger partial charge in [0.2, 0.25) is 0 Å². The van der Waals surface area contributed by atoms with E-state index in [9.17, 15) is 4.79 Å². The number of carbonyl (C=O) groups is 1. The molecule has 0 aliphatic carbocycles. The zero-order chi connectivity index (χ0) is 15.4. The van der Waals surface area contributed by atoms with E-state index >= 15 is 0 Å². The van der Waals surface area contributed by atoms with Gasteiger partial charge in [0, 0.05) is 24.7 Å². The summed E-state index contributed by atoms with van der Waals surface area (Å²) in [6.07, 6.45) is 4.61. The molecule has 3 nitrogen and oxygen atoms in total. The van der Waals surface area contributed by atoms with E-state index in [1.54, 1.807) is 0 Å². The summed E-state index contributed by atoms with van der Waals surface area (Å²) in [5.41, 5.74) is 7.97. The Hall–Kier alpha value is -0.360. The maximum absolute atomic E-state index is 12.7. The van der Waals surface area contributed by atoms with E-state index in [-0.39, 0.29) is 24.4 Å². The lowest BCUT2D eigenvalue weighted by molar-refractivity contribution is 0.0623. The zero-order valence-corrected chi connectivity index (χ0v) is 15.7. The van der Waals surface area contributed by atoms with Gasteiger partial charge in [0.1, 0.15) is 0 Å². The first-order chi connectivity index (χ1) is 10.8. The van der Waals surface area contributed by atoms with Crippen LogP contribution in [0.25, 0.3) is 0 Å². The normalized spacial score (nSPS) is 22.5. The summed E-state index contributed by atoms with van der Waals surface area (Å²) in [5, 5.41) is 0. The van der Waals surface area contributed by atoms with Gasteiger partial charge >= 0.3 is 0 Å². The topological polar surface area (TPSA) is 46.3 Å². The lowest BCUT2D eigenvalue weighted by Gasteiger charge is -2.35. The Morgan fingerprint density at radius 3 is 2.48 bits per heavy atom. The second-order valence-corrected chi connectivity index (χ2v) is 8.66. The van der Waals surface area contributed by atoms with Gasteiger partial charge < -0.3 is 10.6 Å². The van der Waals surface area contributed by atoms with Crippen molar-refractivity contribution in [2.75, 3.05) is 24.6 Å². The van der Waals surface area contributed by atoms with Gasteiger partial charge in [-0.25, -0.2) is 0 Å². The fraction of sp³-hybridized carbons (Fsp3) is 0.588. The quantitative estimate of drug-likeness (QED) is 0.873. The van der Waals surface area contributed by atoms with Gasteiger partial charge in [-0.2, -0.15) is 0 Å². The van der Waals surface area contributed by atoms with Crippen molar-refractivity contribution in [3.63, 3.8) is 0 Å². The van der Waals surface area contributed by atoms with Gasteiger partial charge in [0.05, 0.1) is 4.58 Å². The largest absolute Gasteiger partial charge is 0.334 e. The maximum atomic E-state index is 12.7. The van der Waals surface area contributed by atoms with Crippen LogP contribution in [-0.4, -0.2) is 41.4 Å². The highest BCUT2D eigenvalue weighted by Crippen LogP contribution is 2.43. The summed E-state index contributed by atoms with van der Waals surface area (Å²) in [6, 6.07) is 8.46. The molecular weight excluding hydrogens is 348 g/mol. The monoisotopic (exact) mass is 372 g/mol. The molecule has 23 heavy (non-hydrogen) atoms. The molecule has 2 fully saturated rings. The summed E-state index contributed by atoms with van der Waals surface area (Å²) >= 11 is 4.03. The zero-order valence-electron chi connectivity index (χ0n) is 13.3. The number of carbonyl (C=O) groups excluding carboxylic acids is 1. The number of hydrogen-bond donors (Lipinski definition) is 1. The summed E-state index contributed by atoms with van der Waals surface area (Å²) in [6.45, 7) is 1.41. The summed E-state index contributed by atoms with van der Waals surface area (Å²) in [5.74, 6) is 2.62. The average molecular weight is 373 g/mol. The van der Waals surface area contributed by atoms with Crippen LogP contribution in [-0.2, 0) is 0 Å². The van der Waals surface area contributed by atoms with Crippen LogP contribution in [0.2, 0.25) is 0 Å². The van der Waals surface area contributed by atoms with Crippen LogP contribution in [0.15, 0.2) is 24.3 Å². The van der Waals surface area contributed by atoms with Gasteiger partial charge in [0.25, 0.3) is 5.91 Å². The molecule has 6 heteroatoms. The average Bonchev–Trinajstić information content (AvgIpc) is 2.62. The minimum atomic E-state index is 0. The third-order valence-corrected chi connectivity index (χ3v) is 7.43. The molecule has 0 aromatic heterocycles. The number of halogens is 1. The summed E-state index contributed by atoms with van der Waals surface area (Å²) in [4.78, 5) is 14.7. The highest BCUT2D eigenvalue weighted by molar-refractivity contribution is 8.16. The number of benzene rings is 1. The predicted octanol–water partition coefficient (Wildman–Crippen LogP) is 3.93.